The lowest BCUT2D eigenvalue weighted by atomic mass is 9.97. The minimum absolute atomic E-state index is 0.0506. The molecule has 0 radical (unpaired) electrons. The van der Waals surface area contributed by atoms with Crippen LogP contribution in [0.25, 0.3) is 0 Å². The molecule has 0 saturated heterocycles. The first kappa shape index (κ1) is 15.5. The van der Waals surface area contributed by atoms with Crippen LogP contribution in [0.4, 0.5) is 5.69 Å². The molecule has 0 spiro atoms. The van der Waals surface area contributed by atoms with Crippen molar-refractivity contribution < 1.29 is 14.5 Å². The molecule has 1 aromatic rings. The summed E-state index contributed by atoms with van der Waals surface area (Å²) in [6, 6.07) is 4.11. The van der Waals surface area contributed by atoms with Gasteiger partial charge >= 0.3 is 0 Å². The topological polar surface area (TPSA) is 80.5 Å². The van der Waals surface area contributed by atoms with Crippen LogP contribution in [-0.2, 0) is 0 Å². The number of nitro benzene ring substituents is 1. The molecule has 0 aliphatic carbocycles. The third-order valence-corrected chi connectivity index (χ3v) is 4.24. The highest BCUT2D eigenvalue weighted by molar-refractivity contribution is 7.80. The number of benzene rings is 1. The Balaban J connectivity index is 2.39. The molecule has 21 heavy (non-hydrogen) atoms. The maximum absolute atomic E-state index is 12.4. The highest BCUT2D eigenvalue weighted by Crippen LogP contribution is 2.31. The van der Waals surface area contributed by atoms with Crippen molar-refractivity contribution in [1.82, 2.24) is 4.90 Å². The van der Waals surface area contributed by atoms with Crippen LogP contribution < -0.4 is 0 Å². The maximum Gasteiger partial charge on any atom is 0.282 e. The van der Waals surface area contributed by atoms with E-state index >= 15 is 0 Å². The van der Waals surface area contributed by atoms with Gasteiger partial charge in [-0.25, -0.2) is 0 Å². The quantitative estimate of drug-likeness (QED) is 0.392. The SMILES string of the molecule is CC(C)C(CS)CN1C(=O)c2cccc([N+](=O)[O-])c2C1=O. The second-order valence-electron chi connectivity index (χ2n) is 5.36. The minimum atomic E-state index is -0.633. The van der Waals surface area contributed by atoms with Gasteiger partial charge in [-0.2, -0.15) is 12.6 Å². The fourth-order valence-electron chi connectivity index (χ4n) is 2.35. The first-order chi connectivity index (χ1) is 9.88. The lowest BCUT2D eigenvalue weighted by molar-refractivity contribution is -0.385. The van der Waals surface area contributed by atoms with E-state index in [4.69, 9.17) is 0 Å². The maximum atomic E-state index is 12.4. The molecule has 1 unspecified atom stereocenters. The number of nitrogens with zero attached hydrogens (tertiary/aromatic N) is 2. The Hall–Kier alpha value is -1.89. The van der Waals surface area contributed by atoms with Crippen LogP contribution in [-0.4, -0.2) is 33.9 Å². The summed E-state index contributed by atoms with van der Waals surface area (Å²) < 4.78 is 0. The molecule has 0 bridgehead atoms. The number of imide groups is 1. The number of rotatable bonds is 5. The van der Waals surface area contributed by atoms with Crippen LogP contribution in [0.3, 0.4) is 0 Å². The van der Waals surface area contributed by atoms with Crippen molar-refractivity contribution in [2.45, 2.75) is 13.8 Å². The van der Waals surface area contributed by atoms with E-state index in [2.05, 4.69) is 12.6 Å². The summed E-state index contributed by atoms with van der Waals surface area (Å²) in [5, 5.41) is 11.0. The number of amides is 2. The number of nitro groups is 1. The van der Waals surface area contributed by atoms with Gasteiger partial charge in [0.15, 0.2) is 0 Å². The number of hydrogen-bond donors (Lipinski definition) is 1. The van der Waals surface area contributed by atoms with E-state index in [0.29, 0.717) is 5.75 Å². The second kappa shape index (κ2) is 5.85. The van der Waals surface area contributed by atoms with Gasteiger partial charge in [0.2, 0.25) is 0 Å². The standard InChI is InChI=1S/C14H16N2O4S/c1-8(2)9(7-21)6-15-13(17)10-4-3-5-11(16(19)20)12(10)14(15)18/h3-5,8-9,21H,6-7H2,1-2H3. The van der Waals surface area contributed by atoms with E-state index in [0.717, 1.165) is 4.90 Å². The van der Waals surface area contributed by atoms with Gasteiger partial charge in [0.1, 0.15) is 5.56 Å². The van der Waals surface area contributed by atoms with Crippen molar-refractivity contribution in [3.8, 4) is 0 Å². The Kier molecular flexibility index (Phi) is 4.32. The van der Waals surface area contributed by atoms with Gasteiger partial charge in [0.05, 0.1) is 10.5 Å². The van der Waals surface area contributed by atoms with Crippen LogP contribution in [0.15, 0.2) is 18.2 Å². The average molecular weight is 308 g/mol. The minimum Gasteiger partial charge on any atom is -0.274 e. The molecule has 6 nitrogen and oxygen atoms in total. The average Bonchev–Trinajstić information content (AvgIpc) is 2.68. The Morgan fingerprint density at radius 3 is 2.48 bits per heavy atom. The van der Waals surface area contributed by atoms with Crippen LogP contribution >= 0.6 is 12.6 Å². The summed E-state index contributed by atoms with van der Waals surface area (Å²) in [7, 11) is 0. The van der Waals surface area contributed by atoms with Gasteiger partial charge in [-0.3, -0.25) is 24.6 Å². The smallest absolute Gasteiger partial charge is 0.274 e. The molecule has 0 saturated carbocycles. The summed E-state index contributed by atoms with van der Waals surface area (Å²) in [5.74, 6) is -0.218. The van der Waals surface area contributed by atoms with Gasteiger partial charge in [-0.1, -0.05) is 19.9 Å². The number of fused-ring (bicyclic) bond motifs is 1. The molecular formula is C14H16N2O4S. The van der Waals surface area contributed by atoms with Crippen molar-refractivity contribution in [2.75, 3.05) is 12.3 Å². The first-order valence-electron chi connectivity index (χ1n) is 6.63. The Labute approximate surface area is 127 Å². The number of carbonyl (C=O) groups is 2. The van der Waals surface area contributed by atoms with Crippen molar-refractivity contribution in [3.05, 3.63) is 39.4 Å². The number of carbonyl (C=O) groups excluding carboxylic acids is 2. The van der Waals surface area contributed by atoms with Gasteiger partial charge in [0.25, 0.3) is 17.5 Å². The number of thiol groups is 1. The molecule has 112 valence electrons. The molecule has 1 aliphatic rings. The molecule has 1 heterocycles. The highest BCUT2D eigenvalue weighted by atomic mass is 32.1. The molecule has 0 fully saturated rings. The highest BCUT2D eigenvalue weighted by Gasteiger charge is 2.41. The van der Waals surface area contributed by atoms with E-state index in [-0.39, 0.29) is 35.2 Å². The lowest BCUT2D eigenvalue weighted by Gasteiger charge is -2.23. The third-order valence-electron chi connectivity index (χ3n) is 3.77. The van der Waals surface area contributed by atoms with Crippen molar-refractivity contribution in [1.29, 1.82) is 0 Å². The van der Waals surface area contributed by atoms with E-state index in [1.54, 1.807) is 0 Å². The van der Waals surface area contributed by atoms with Crippen molar-refractivity contribution >= 4 is 30.1 Å². The Bertz CT molecular complexity index is 615. The first-order valence-corrected chi connectivity index (χ1v) is 7.26. The van der Waals surface area contributed by atoms with Crippen LogP contribution in [0.5, 0.6) is 0 Å². The molecule has 7 heteroatoms. The molecule has 2 amide bonds. The van der Waals surface area contributed by atoms with Gasteiger partial charge < -0.3 is 0 Å². The molecule has 0 N–H and O–H groups in total. The van der Waals surface area contributed by atoms with E-state index in [1.807, 2.05) is 13.8 Å². The molecule has 1 aromatic carbocycles. The van der Waals surface area contributed by atoms with Crippen molar-refractivity contribution in [3.63, 3.8) is 0 Å². The predicted molar refractivity (Wildman–Crippen MR) is 80.6 cm³/mol. The fourth-order valence-corrected chi connectivity index (χ4v) is 2.88. The Morgan fingerprint density at radius 1 is 1.29 bits per heavy atom. The lowest BCUT2D eigenvalue weighted by Crippen LogP contribution is -2.36. The van der Waals surface area contributed by atoms with Crippen LogP contribution in [0, 0.1) is 22.0 Å². The molecule has 0 aromatic heterocycles. The molecular weight excluding hydrogens is 292 g/mol. The van der Waals surface area contributed by atoms with E-state index in [9.17, 15) is 19.7 Å². The predicted octanol–water partition coefficient (Wildman–Crippen LogP) is 2.39. The van der Waals surface area contributed by atoms with E-state index in [1.165, 1.54) is 18.2 Å². The summed E-state index contributed by atoms with van der Waals surface area (Å²) in [4.78, 5) is 36.2. The van der Waals surface area contributed by atoms with Crippen molar-refractivity contribution in [2.24, 2.45) is 11.8 Å². The second-order valence-corrected chi connectivity index (χ2v) is 5.73. The Morgan fingerprint density at radius 2 is 1.95 bits per heavy atom. The number of hydrogen-bond acceptors (Lipinski definition) is 5. The largest absolute Gasteiger partial charge is 0.282 e. The molecule has 1 atom stereocenters. The van der Waals surface area contributed by atoms with Crippen LogP contribution in [0.1, 0.15) is 34.6 Å². The third kappa shape index (κ3) is 2.65. The van der Waals surface area contributed by atoms with Gasteiger partial charge in [-0.05, 0) is 23.7 Å². The zero-order chi connectivity index (χ0) is 15.7. The van der Waals surface area contributed by atoms with Gasteiger partial charge in [-0.15, -0.1) is 0 Å². The molecule has 1 aliphatic heterocycles. The van der Waals surface area contributed by atoms with Gasteiger partial charge in [0, 0.05) is 12.6 Å². The zero-order valence-electron chi connectivity index (χ0n) is 11.8. The molecule has 2 rings (SSSR count). The summed E-state index contributed by atoms with van der Waals surface area (Å²) in [6.45, 7) is 4.20. The summed E-state index contributed by atoms with van der Waals surface area (Å²) >= 11 is 4.24. The normalized spacial score (nSPS) is 15.5. The summed E-state index contributed by atoms with van der Waals surface area (Å²) in [5.41, 5.74) is -0.314. The fraction of sp³-hybridized carbons (Fsp3) is 0.429. The summed E-state index contributed by atoms with van der Waals surface area (Å²) in [6.07, 6.45) is 0. The van der Waals surface area contributed by atoms with Crippen LogP contribution in [0.2, 0.25) is 0 Å². The monoisotopic (exact) mass is 308 g/mol. The van der Waals surface area contributed by atoms with E-state index < -0.39 is 16.7 Å². The zero-order valence-corrected chi connectivity index (χ0v) is 12.7.